The number of piperidine rings is 1. The molecule has 1 aliphatic heterocycles. The van der Waals surface area contributed by atoms with Gasteiger partial charge in [-0.2, -0.15) is 0 Å². The molecule has 0 aromatic heterocycles. The monoisotopic (exact) mass is 286 g/mol. The molecule has 5 heteroatoms. The van der Waals surface area contributed by atoms with Gasteiger partial charge in [0.25, 0.3) is 5.91 Å². The first kappa shape index (κ1) is 15.9. The van der Waals surface area contributed by atoms with E-state index >= 15 is 0 Å². The lowest BCUT2D eigenvalue weighted by atomic mass is 10.0. The molecule has 1 unspecified atom stereocenters. The summed E-state index contributed by atoms with van der Waals surface area (Å²) in [4.78, 5) is 14.0. The summed E-state index contributed by atoms with van der Waals surface area (Å²) in [6.07, 6.45) is 2.03. The second-order valence-electron chi connectivity index (χ2n) is 4.82. The molecule has 1 amide bonds. The molecule has 0 aliphatic carbocycles. The highest BCUT2D eigenvalue weighted by molar-refractivity contribution is 5.94. The molecule has 3 nitrogen and oxygen atoms in total. The third kappa shape index (κ3) is 3.45. The summed E-state index contributed by atoms with van der Waals surface area (Å²) in [5, 5.41) is 3.18. The van der Waals surface area contributed by atoms with Gasteiger partial charge in [-0.25, -0.2) is 4.39 Å². The van der Waals surface area contributed by atoms with E-state index in [4.69, 9.17) is 0 Å². The lowest BCUT2D eigenvalue weighted by molar-refractivity contribution is 0.0693. The van der Waals surface area contributed by atoms with Crippen molar-refractivity contribution in [2.24, 2.45) is 0 Å². The lowest BCUT2D eigenvalue weighted by Gasteiger charge is -2.32. The number of carbonyl (C=O) groups is 1. The molecule has 2 rings (SSSR count). The van der Waals surface area contributed by atoms with E-state index in [1.807, 2.05) is 7.05 Å². The summed E-state index contributed by atoms with van der Waals surface area (Å²) in [5.41, 5.74) is 0.703. The molecule has 1 aromatic rings. The molecule has 0 radical (unpaired) electrons. The minimum absolute atomic E-state index is 0. The van der Waals surface area contributed by atoms with Crippen LogP contribution in [0, 0.1) is 12.7 Å². The van der Waals surface area contributed by atoms with E-state index in [2.05, 4.69) is 5.32 Å². The number of likely N-dealkylation sites (N-methyl/N-ethyl adjacent to an activating group) is 1. The molecule has 1 aromatic carbocycles. The molecule has 0 saturated carbocycles. The van der Waals surface area contributed by atoms with Gasteiger partial charge in [-0.05, 0) is 38.4 Å². The van der Waals surface area contributed by atoms with E-state index in [9.17, 15) is 9.18 Å². The van der Waals surface area contributed by atoms with Gasteiger partial charge in [-0.15, -0.1) is 12.4 Å². The van der Waals surface area contributed by atoms with Crippen molar-refractivity contribution in [1.82, 2.24) is 10.2 Å². The van der Waals surface area contributed by atoms with Crippen LogP contribution < -0.4 is 5.32 Å². The summed E-state index contributed by atoms with van der Waals surface area (Å²) in [7, 11) is 1.89. The Morgan fingerprint density at radius 2 is 2.21 bits per heavy atom. The van der Waals surface area contributed by atoms with E-state index in [1.54, 1.807) is 30.0 Å². The van der Waals surface area contributed by atoms with Gasteiger partial charge in [0.05, 0.1) is 5.56 Å². The maximum atomic E-state index is 13.9. The molecule has 0 bridgehead atoms. The van der Waals surface area contributed by atoms with Gasteiger partial charge in [0.2, 0.25) is 0 Å². The Kier molecular flexibility index (Phi) is 5.76. The zero-order valence-electron chi connectivity index (χ0n) is 11.3. The highest BCUT2D eigenvalue weighted by Crippen LogP contribution is 2.17. The molecule has 1 aliphatic rings. The largest absolute Gasteiger partial charge is 0.337 e. The van der Waals surface area contributed by atoms with Crippen molar-refractivity contribution >= 4 is 18.3 Å². The molecule has 106 valence electrons. The predicted molar refractivity (Wildman–Crippen MR) is 76.4 cm³/mol. The van der Waals surface area contributed by atoms with Gasteiger partial charge in [0.1, 0.15) is 5.82 Å². The number of hydrogen-bond donors (Lipinski definition) is 1. The number of benzene rings is 1. The van der Waals surface area contributed by atoms with E-state index in [-0.39, 0.29) is 23.9 Å². The molecule has 0 spiro atoms. The molecular weight excluding hydrogens is 267 g/mol. The number of rotatable bonds is 2. The number of aryl methyl sites for hydroxylation is 1. The van der Waals surface area contributed by atoms with E-state index in [0.29, 0.717) is 24.7 Å². The first-order valence-corrected chi connectivity index (χ1v) is 6.35. The number of amides is 1. The van der Waals surface area contributed by atoms with E-state index in [0.717, 1.165) is 12.8 Å². The average Bonchev–Trinajstić information content (AvgIpc) is 2.41. The molecule has 1 saturated heterocycles. The Morgan fingerprint density at radius 1 is 1.47 bits per heavy atom. The molecule has 1 N–H and O–H groups in total. The molecule has 19 heavy (non-hydrogen) atoms. The van der Waals surface area contributed by atoms with Gasteiger partial charge < -0.3 is 10.2 Å². The second-order valence-corrected chi connectivity index (χ2v) is 4.82. The summed E-state index contributed by atoms with van der Waals surface area (Å²) in [6.45, 7) is 3.05. The number of likely N-dealkylation sites (tertiary alicyclic amines) is 1. The van der Waals surface area contributed by atoms with Crippen molar-refractivity contribution in [3.8, 4) is 0 Å². The summed E-state index contributed by atoms with van der Waals surface area (Å²) in [6, 6.07) is 5.29. The molecular formula is C14H20ClFN2O. The number of nitrogens with one attached hydrogen (secondary N) is 1. The lowest BCUT2D eigenvalue weighted by Crippen LogP contribution is -2.47. The predicted octanol–water partition coefficient (Wildman–Crippen LogP) is 2.38. The van der Waals surface area contributed by atoms with Gasteiger partial charge in [0.15, 0.2) is 0 Å². The van der Waals surface area contributed by atoms with Crippen molar-refractivity contribution in [1.29, 1.82) is 0 Å². The summed E-state index contributed by atoms with van der Waals surface area (Å²) < 4.78 is 13.9. The van der Waals surface area contributed by atoms with E-state index < -0.39 is 5.82 Å². The highest BCUT2D eigenvalue weighted by atomic mass is 35.5. The molecule has 1 atom stereocenters. The van der Waals surface area contributed by atoms with E-state index in [1.165, 1.54) is 0 Å². The number of hydrogen-bond acceptors (Lipinski definition) is 2. The van der Waals surface area contributed by atoms with Crippen LogP contribution in [0.4, 0.5) is 4.39 Å². The Balaban J connectivity index is 0.00000180. The topological polar surface area (TPSA) is 32.3 Å². The fourth-order valence-electron chi connectivity index (χ4n) is 2.38. The maximum absolute atomic E-state index is 13.9. The molecule has 1 fully saturated rings. The third-order valence-electron chi connectivity index (χ3n) is 3.54. The number of halogens is 2. The van der Waals surface area contributed by atoms with Crippen LogP contribution in [0.1, 0.15) is 28.8 Å². The Morgan fingerprint density at radius 3 is 2.89 bits per heavy atom. The van der Waals surface area contributed by atoms with Crippen molar-refractivity contribution in [2.75, 3.05) is 20.1 Å². The van der Waals surface area contributed by atoms with Gasteiger partial charge in [-0.1, -0.05) is 12.1 Å². The van der Waals surface area contributed by atoms with Crippen LogP contribution in [-0.2, 0) is 0 Å². The Hall–Kier alpha value is -1.13. The van der Waals surface area contributed by atoms with Crippen molar-refractivity contribution in [3.05, 3.63) is 35.1 Å². The minimum Gasteiger partial charge on any atom is -0.337 e. The van der Waals surface area contributed by atoms with Crippen LogP contribution in [0.5, 0.6) is 0 Å². The van der Waals surface area contributed by atoms with Crippen LogP contribution >= 0.6 is 12.4 Å². The van der Waals surface area contributed by atoms with Gasteiger partial charge in [0, 0.05) is 19.1 Å². The quantitative estimate of drug-likeness (QED) is 0.905. The van der Waals surface area contributed by atoms with Crippen LogP contribution in [0.3, 0.4) is 0 Å². The van der Waals surface area contributed by atoms with Crippen LogP contribution in [-0.4, -0.2) is 37.0 Å². The van der Waals surface area contributed by atoms with Gasteiger partial charge >= 0.3 is 0 Å². The average molecular weight is 287 g/mol. The normalized spacial score (nSPS) is 18.9. The molecule has 1 heterocycles. The first-order chi connectivity index (χ1) is 8.63. The van der Waals surface area contributed by atoms with Crippen LogP contribution in [0.25, 0.3) is 0 Å². The minimum atomic E-state index is -0.394. The second kappa shape index (κ2) is 6.87. The summed E-state index contributed by atoms with van der Waals surface area (Å²) >= 11 is 0. The van der Waals surface area contributed by atoms with Crippen LogP contribution in [0.2, 0.25) is 0 Å². The SMILES string of the molecule is CNC1CCCN(C(=O)c2cccc(C)c2F)C1.Cl. The van der Waals surface area contributed by atoms with Crippen molar-refractivity contribution < 1.29 is 9.18 Å². The Bertz CT molecular complexity index is 453. The Labute approximate surface area is 119 Å². The number of nitrogens with zero attached hydrogens (tertiary/aromatic N) is 1. The third-order valence-corrected chi connectivity index (χ3v) is 3.54. The first-order valence-electron chi connectivity index (χ1n) is 6.35. The van der Waals surface area contributed by atoms with Crippen molar-refractivity contribution in [2.45, 2.75) is 25.8 Å². The fourth-order valence-corrected chi connectivity index (χ4v) is 2.38. The fraction of sp³-hybridized carbons (Fsp3) is 0.500. The van der Waals surface area contributed by atoms with Crippen LogP contribution in [0.15, 0.2) is 18.2 Å². The number of carbonyl (C=O) groups excluding carboxylic acids is 1. The summed E-state index contributed by atoms with van der Waals surface area (Å²) in [5.74, 6) is -0.592. The highest BCUT2D eigenvalue weighted by Gasteiger charge is 2.25. The van der Waals surface area contributed by atoms with Gasteiger partial charge in [-0.3, -0.25) is 4.79 Å². The standard InChI is InChI=1S/C14H19FN2O.ClH/c1-10-5-3-7-12(13(10)15)14(18)17-8-4-6-11(9-17)16-2;/h3,5,7,11,16H,4,6,8-9H2,1-2H3;1H. The smallest absolute Gasteiger partial charge is 0.256 e. The van der Waals surface area contributed by atoms with Crippen molar-refractivity contribution in [3.63, 3.8) is 0 Å². The zero-order chi connectivity index (χ0) is 13.1. The maximum Gasteiger partial charge on any atom is 0.256 e. The zero-order valence-corrected chi connectivity index (χ0v) is 12.1.